The maximum atomic E-state index is 10.9. The molecule has 2 N–H and O–H groups in total. The van der Waals surface area contributed by atoms with E-state index in [0.29, 0.717) is 18.2 Å². The standard InChI is InChI=1S/C13H13N3O4/c1-19-12-4-3-10(6-11(12)16(17)18)20-13-5-2-9(7-14)8-15-13/h2-6,8H,7,14H2,1H3. The van der Waals surface area contributed by atoms with Gasteiger partial charge in [0, 0.05) is 18.8 Å². The van der Waals surface area contributed by atoms with Crippen LogP contribution in [-0.2, 0) is 6.54 Å². The monoisotopic (exact) mass is 275 g/mol. The highest BCUT2D eigenvalue weighted by molar-refractivity contribution is 5.51. The van der Waals surface area contributed by atoms with Crippen LogP contribution in [0.1, 0.15) is 5.56 Å². The topological polar surface area (TPSA) is 101 Å². The molecule has 104 valence electrons. The summed E-state index contributed by atoms with van der Waals surface area (Å²) < 4.78 is 10.4. The highest BCUT2D eigenvalue weighted by Crippen LogP contribution is 2.32. The maximum Gasteiger partial charge on any atom is 0.314 e. The third-order valence-electron chi connectivity index (χ3n) is 2.60. The van der Waals surface area contributed by atoms with Crippen molar-refractivity contribution in [3.05, 3.63) is 52.2 Å². The molecule has 0 saturated heterocycles. The Morgan fingerprint density at radius 2 is 2.15 bits per heavy atom. The van der Waals surface area contributed by atoms with Crippen molar-refractivity contribution in [2.24, 2.45) is 5.73 Å². The summed E-state index contributed by atoms with van der Waals surface area (Å²) >= 11 is 0. The third-order valence-corrected chi connectivity index (χ3v) is 2.60. The van der Waals surface area contributed by atoms with Crippen molar-refractivity contribution in [2.75, 3.05) is 7.11 Å². The van der Waals surface area contributed by atoms with Gasteiger partial charge in [-0.25, -0.2) is 4.98 Å². The first-order valence-corrected chi connectivity index (χ1v) is 5.79. The van der Waals surface area contributed by atoms with Gasteiger partial charge in [0.25, 0.3) is 0 Å². The number of pyridine rings is 1. The van der Waals surface area contributed by atoms with Crippen LogP contribution in [0.25, 0.3) is 0 Å². The van der Waals surface area contributed by atoms with E-state index >= 15 is 0 Å². The van der Waals surface area contributed by atoms with Gasteiger partial charge < -0.3 is 15.2 Å². The van der Waals surface area contributed by atoms with Gasteiger partial charge in [0.2, 0.25) is 5.88 Å². The number of nitro benzene ring substituents is 1. The molecule has 0 bridgehead atoms. The van der Waals surface area contributed by atoms with E-state index in [4.69, 9.17) is 15.2 Å². The third kappa shape index (κ3) is 3.01. The molecule has 7 heteroatoms. The minimum absolute atomic E-state index is 0.163. The lowest BCUT2D eigenvalue weighted by Gasteiger charge is -2.07. The highest BCUT2D eigenvalue weighted by atomic mass is 16.6. The lowest BCUT2D eigenvalue weighted by molar-refractivity contribution is -0.385. The molecule has 20 heavy (non-hydrogen) atoms. The van der Waals surface area contributed by atoms with Crippen molar-refractivity contribution < 1.29 is 14.4 Å². The van der Waals surface area contributed by atoms with Gasteiger partial charge in [0.05, 0.1) is 18.1 Å². The number of nitro groups is 1. The van der Waals surface area contributed by atoms with E-state index in [9.17, 15) is 10.1 Å². The zero-order valence-electron chi connectivity index (χ0n) is 10.8. The fraction of sp³-hybridized carbons (Fsp3) is 0.154. The molecule has 2 aromatic rings. The van der Waals surface area contributed by atoms with Crippen LogP contribution >= 0.6 is 0 Å². The van der Waals surface area contributed by atoms with Crippen molar-refractivity contribution in [1.29, 1.82) is 0 Å². The number of benzene rings is 1. The average molecular weight is 275 g/mol. The van der Waals surface area contributed by atoms with Crippen molar-refractivity contribution in [3.63, 3.8) is 0 Å². The number of aromatic nitrogens is 1. The highest BCUT2D eigenvalue weighted by Gasteiger charge is 2.16. The van der Waals surface area contributed by atoms with E-state index in [1.165, 1.54) is 19.2 Å². The molecule has 0 amide bonds. The van der Waals surface area contributed by atoms with Gasteiger partial charge in [-0.2, -0.15) is 0 Å². The minimum atomic E-state index is -0.531. The Labute approximate surface area is 115 Å². The summed E-state index contributed by atoms with van der Waals surface area (Å²) in [4.78, 5) is 14.4. The fourth-order valence-corrected chi connectivity index (χ4v) is 1.59. The number of ether oxygens (including phenoxy) is 2. The normalized spacial score (nSPS) is 10.1. The molecule has 0 radical (unpaired) electrons. The van der Waals surface area contributed by atoms with Gasteiger partial charge in [-0.05, 0) is 17.7 Å². The second-order valence-electron chi connectivity index (χ2n) is 3.90. The lowest BCUT2D eigenvalue weighted by Crippen LogP contribution is -1.98. The molecule has 7 nitrogen and oxygen atoms in total. The summed E-state index contributed by atoms with van der Waals surface area (Å²) in [5, 5.41) is 10.9. The van der Waals surface area contributed by atoms with Gasteiger partial charge in [0.15, 0.2) is 5.75 Å². The average Bonchev–Trinajstić information content (AvgIpc) is 2.48. The maximum absolute atomic E-state index is 10.9. The van der Waals surface area contributed by atoms with E-state index in [1.807, 2.05) is 0 Å². The van der Waals surface area contributed by atoms with E-state index in [0.717, 1.165) is 5.56 Å². The van der Waals surface area contributed by atoms with Gasteiger partial charge >= 0.3 is 5.69 Å². The first kappa shape index (κ1) is 13.8. The number of hydrogen-bond acceptors (Lipinski definition) is 6. The molecule has 0 atom stereocenters. The van der Waals surface area contributed by atoms with E-state index in [1.54, 1.807) is 24.4 Å². The van der Waals surface area contributed by atoms with Gasteiger partial charge in [-0.1, -0.05) is 6.07 Å². The second-order valence-corrected chi connectivity index (χ2v) is 3.90. The Bertz CT molecular complexity index is 614. The van der Waals surface area contributed by atoms with Crippen LogP contribution in [0, 0.1) is 10.1 Å². The smallest absolute Gasteiger partial charge is 0.314 e. The SMILES string of the molecule is COc1ccc(Oc2ccc(CN)cn2)cc1[N+](=O)[O-]. The van der Waals surface area contributed by atoms with Crippen LogP contribution in [0.4, 0.5) is 5.69 Å². The van der Waals surface area contributed by atoms with Crippen molar-refractivity contribution in [3.8, 4) is 17.4 Å². The van der Waals surface area contributed by atoms with Gasteiger partial charge in [0.1, 0.15) is 5.75 Å². The number of nitrogens with two attached hydrogens (primary N) is 1. The number of nitrogens with zero attached hydrogens (tertiary/aromatic N) is 2. The van der Waals surface area contributed by atoms with Crippen LogP contribution < -0.4 is 15.2 Å². The van der Waals surface area contributed by atoms with Crippen LogP contribution in [0.2, 0.25) is 0 Å². The molecule has 2 rings (SSSR count). The van der Waals surface area contributed by atoms with Crippen molar-refractivity contribution in [2.45, 2.75) is 6.54 Å². The molecule has 0 aliphatic carbocycles. The van der Waals surface area contributed by atoms with Crippen LogP contribution in [0.15, 0.2) is 36.5 Å². The molecule has 0 aliphatic rings. The lowest BCUT2D eigenvalue weighted by atomic mass is 10.2. The van der Waals surface area contributed by atoms with E-state index < -0.39 is 4.92 Å². The molecule has 0 aliphatic heterocycles. The molecule has 0 saturated carbocycles. The van der Waals surface area contributed by atoms with E-state index in [-0.39, 0.29) is 11.4 Å². The van der Waals surface area contributed by atoms with E-state index in [2.05, 4.69) is 4.98 Å². The number of rotatable bonds is 5. The summed E-state index contributed by atoms with van der Waals surface area (Å²) in [6.07, 6.45) is 1.59. The molecule has 1 aromatic carbocycles. The summed E-state index contributed by atoms with van der Waals surface area (Å²) in [6, 6.07) is 7.77. The predicted octanol–water partition coefficient (Wildman–Crippen LogP) is 2.25. The molecular weight excluding hydrogens is 262 g/mol. The molecular formula is C13H13N3O4. The van der Waals surface area contributed by atoms with Crippen LogP contribution in [-0.4, -0.2) is 17.0 Å². The first-order valence-electron chi connectivity index (χ1n) is 5.79. The zero-order valence-corrected chi connectivity index (χ0v) is 10.8. The molecule has 0 spiro atoms. The minimum Gasteiger partial charge on any atom is -0.490 e. The second kappa shape index (κ2) is 5.98. The Morgan fingerprint density at radius 3 is 2.70 bits per heavy atom. The number of hydrogen-bond donors (Lipinski definition) is 1. The molecule has 0 unspecified atom stereocenters. The fourth-order valence-electron chi connectivity index (χ4n) is 1.59. The summed E-state index contributed by atoms with van der Waals surface area (Å²) in [7, 11) is 1.37. The van der Waals surface area contributed by atoms with Crippen molar-refractivity contribution >= 4 is 5.69 Å². The molecule has 1 heterocycles. The zero-order chi connectivity index (χ0) is 14.5. The molecule has 1 aromatic heterocycles. The van der Waals surface area contributed by atoms with Crippen molar-refractivity contribution in [1.82, 2.24) is 4.98 Å². The Balaban J connectivity index is 2.24. The molecule has 0 fully saturated rings. The first-order chi connectivity index (χ1) is 9.63. The Hall–Kier alpha value is -2.67. The Morgan fingerprint density at radius 1 is 1.35 bits per heavy atom. The summed E-state index contributed by atoms with van der Waals surface area (Å²) in [5.74, 6) is 0.820. The van der Waals surface area contributed by atoms with Gasteiger partial charge in [-0.3, -0.25) is 10.1 Å². The van der Waals surface area contributed by atoms with Crippen LogP contribution in [0.3, 0.4) is 0 Å². The quantitative estimate of drug-likeness (QED) is 0.663. The predicted molar refractivity (Wildman–Crippen MR) is 71.9 cm³/mol. The Kier molecular flexibility index (Phi) is 4.11. The van der Waals surface area contributed by atoms with Crippen LogP contribution in [0.5, 0.6) is 17.4 Å². The number of methoxy groups -OCH3 is 1. The summed E-state index contributed by atoms with van der Waals surface area (Å²) in [6.45, 7) is 0.390. The summed E-state index contributed by atoms with van der Waals surface area (Å²) in [5.41, 5.74) is 6.18. The largest absolute Gasteiger partial charge is 0.490 e. The van der Waals surface area contributed by atoms with Gasteiger partial charge in [-0.15, -0.1) is 0 Å².